The minimum Gasteiger partial charge on any atom is -0.384 e. The quantitative estimate of drug-likeness (QED) is 0.857. The summed E-state index contributed by atoms with van der Waals surface area (Å²) in [4.78, 5) is 14.6. The molecule has 0 aliphatic carbocycles. The predicted octanol–water partition coefficient (Wildman–Crippen LogP) is 0.719. The molecule has 2 aliphatic rings. The molecule has 1 saturated heterocycles. The molecule has 0 aromatic heterocycles. The van der Waals surface area contributed by atoms with Crippen molar-refractivity contribution >= 4 is 11.6 Å². The Morgan fingerprint density at radius 1 is 1.33 bits per heavy atom. The van der Waals surface area contributed by atoms with Crippen molar-refractivity contribution in [1.29, 1.82) is 0 Å². The second kappa shape index (κ2) is 6.91. The van der Waals surface area contributed by atoms with E-state index in [4.69, 9.17) is 4.74 Å². The van der Waals surface area contributed by atoms with Crippen LogP contribution < -0.4 is 10.6 Å². The standard InChI is InChI=1S/C16H23N3O2/c20-16(17-5-6-19-7-9-21-10-8-19)14-11-13-3-1-2-4-15(13)18-12-14/h1-4,14,18H,5-12H2,(H,17,20). The van der Waals surface area contributed by atoms with Crippen LogP contribution in [0.15, 0.2) is 24.3 Å². The first kappa shape index (κ1) is 14.4. The van der Waals surface area contributed by atoms with Gasteiger partial charge in [0.2, 0.25) is 5.91 Å². The molecule has 0 spiro atoms. The highest BCUT2D eigenvalue weighted by molar-refractivity contribution is 5.80. The molecule has 5 nitrogen and oxygen atoms in total. The number of carbonyl (C=O) groups is 1. The van der Waals surface area contributed by atoms with E-state index < -0.39 is 0 Å². The van der Waals surface area contributed by atoms with Crippen molar-refractivity contribution in [3.05, 3.63) is 29.8 Å². The van der Waals surface area contributed by atoms with Crippen LogP contribution in [-0.4, -0.2) is 56.7 Å². The first-order valence-corrected chi connectivity index (χ1v) is 7.72. The summed E-state index contributed by atoms with van der Waals surface area (Å²) in [5.74, 6) is 0.190. The Bertz CT molecular complexity index is 486. The van der Waals surface area contributed by atoms with Crippen LogP contribution in [0.25, 0.3) is 0 Å². The van der Waals surface area contributed by atoms with Crippen molar-refractivity contribution in [3.63, 3.8) is 0 Å². The Morgan fingerprint density at radius 2 is 2.14 bits per heavy atom. The SMILES string of the molecule is O=C(NCCN1CCOCC1)C1CNc2ccccc2C1. The van der Waals surface area contributed by atoms with Crippen molar-refractivity contribution < 1.29 is 9.53 Å². The number of hydrogen-bond donors (Lipinski definition) is 2. The van der Waals surface area contributed by atoms with E-state index in [1.165, 1.54) is 5.56 Å². The summed E-state index contributed by atoms with van der Waals surface area (Å²) in [5, 5.41) is 6.41. The first-order chi connectivity index (χ1) is 10.3. The zero-order valence-electron chi connectivity index (χ0n) is 12.3. The lowest BCUT2D eigenvalue weighted by Gasteiger charge is -2.28. The lowest BCUT2D eigenvalue weighted by Crippen LogP contribution is -2.44. The third-order valence-corrected chi connectivity index (χ3v) is 4.22. The van der Waals surface area contributed by atoms with Gasteiger partial charge in [-0.2, -0.15) is 0 Å². The average molecular weight is 289 g/mol. The number of morpholine rings is 1. The molecule has 21 heavy (non-hydrogen) atoms. The van der Waals surface area contributed by atoms with Gasteiger partial charge in [-0.3, -0.25) is 9.69 Å². The van der Waals surface area contributed by atoms with Gasteiger partial charge in [0.05, 0.1) is 19.1 Å². The molecule has 1 aromatic carbocycles. The van der Waals surface area contributed by atoms with E-state index in [1.54, 1.807) is 0 Å². The van der Waals surface area contributed by atoms with Crippen molar-refractivity contribution in [2.75, 3.05) is 51.3 Å². The molecule has 1 fully saturated rings. The minimum atomic E-state index is 0.0320. The smallest absolute Gasteiger partial charge is 0.225 e. The van der Waals surface area contributed by atoms with Gasteiger partial charge in [-0.15, -0.1) is 0 Å². The van der Waals surface area contributed by atoms with Gasteiger partial charge in [-0.05, 0) is 18.1 Å². The molecule has 0 radical (unpaired) electrons. The van der Waals surface area contributed by atoms with Gasteiger partial charge < -0.3 is 15.4 Å². The monoisotopic (exact) mass is 289 g/mol. The van der Waals surface area contributed by atoms with Gasteiger partial charge in [-0.1, -0.05) is 18.2 Å². The average Bonchev–Trinajstić information content (AvgIpc) is 2.55. The lowest BCUT2D eigenvalue weighted by atomic mass is 9.93. The number of carbonyl (C=O) groups excluding carboxylic acids is 1. The largest absolute Gasteiger partial charge is 0.384 e. The summed E-state index contributed by atoms with van der Waals surface area (Å²) in [6.45, 7) is 5.89. The van der Waals surface area contributed by atoms with E-state index in [9.17, 15) is 4.79 Å². The molecular formula is C16H23N3O2. The van der Waals surface area contributed by atoms with E-state index in [0.29, 0.717) is 0 Å². The number of para-hydroxylation sites is 1. The molecule has 1 amide bonds. The van der Waals surface area contributed by atoms with Gasteiger partial charge in [-0.25, -0.2) is 0 Å². The van der Waals surface area contributed by atoms with Gasteiger partial charge in [0.25, 0.3) is 0 Å². The summed E-state index contributed by atoms with van der Waals surface area (Å²) in [6, 6.07) is 8.21. The van der Waals surface area contributed by atoms with Crippen LogP contribution in [0, 0.1) is 5.92 Å². The first-order valence-electron chi connectivity index (χ1n) is 7.72. The number of hydrogen-bond acceptors (Lipinski definition) is 4. The maximum Gasteiger partial charge on any atom is 0.225 e. The molecule has 0 saturated carbocycles. The number of nitrogens with one attached hydrogen (secondary N) is 2. The number of benzene rings is 1. The third-order valence-electron chi connectivity index (χ3n) is 4.22. The fourth-order valence-corrected chi connectivity index (χ4v) is 2.93. The number of anilines is 1. The summed E-state index contributed by atoms with van der Waals surface area (Å²) >= 11 is 0. The molecule has 2 heterocycles. The van der Waals surface area contributed by atoms with Crippen molar-refractivity contribution in [3.8, 4) is 0 Å². The normalized spacial score (nSPS) is 22.2. The second-order valence-corrected chi connectivity index (χ2v) is 5.68. The molecule has 114 valence electrons. The topological polar surface area (TPSA) is 53.6 Å². The number of nitrogens with zero attached hydrogens (tertiary/aromatic N) is 1. The maximum absolute atomic E-state index is 12.3. The highest BCUT2D eigenvalue weighted by Gasteiger charge is 2.24. The Labute approximate surface area is 125 Å². The van der Waals surface area contributed by atoms with Crippen LogP contribution in [0.5, 0.6) is 0 Å². The maximum atomic E-state index is 12.3. The van der Waals surface area contributed by atoms with E-state index in [1.807, 2.05) is 12.1 Å². The molecule has 0 bridgehead atoms. The van der Waals surface area contributed by atoms with E-state index in [0.717, 1.165) is 58.0 Å². The Hall–Kier alpha value is -1.59. The van der Waals surface area contributed by atoms with Gasteiger partial charge >= 0.3 is 0 Å². The fourth-order valence-electron chi connectivity index (χ4n) is 2.93. The summed E-state index contributed by atoms with van der Waals surface area (Å²) in [5.41, 5.74) is 2.40. The number of fused-ring (bicyclic) bond motifs is 1. The highest BCUT2D eigenvalue weighted by Crippen LogP contribution is 2.24. The number of ether oxygens (including phenoxy) is 1. The molecule has 2 aliphatic heterocycles. The van der Waals surface area contributed by atoms with Crippen LogP contribution in [0.2, 0.25) is 0 Å². The highest BCUT2D eigenvalue weighted by atomic mass is 16.5. The Kier molecular flexibility index (Phi) is 4.72. The zero-order chi connectivity index (χ0) is 14.5. The Morgan fingerprint density at radius 3 is 3.00 bits per heavy atom. The molecular weight excluding hydrogens is 266 g/mol. The van der Waals surface area contributed by atoms with E-state index >= 15 is 0 Å². The molecule has 1 aromatic rings. The molecule has 3 rings (SSSR count). The van der Waals surface area contributed by atoms with Gasteiger partial charge in [0.15, 0.2) is 0 Å². The summed E-state index contributed by atoms with van der Waals surface area (Å²) in [7, 11) is 0. The fraction of sp³-hybridized carbons (Fsp3) is 0.562. The predicted molar refractivity (Wildman–Crippen MR) is 82.4 cm³/mol. The van der Waals surface area contributed by atoms with Crippen LogP contribution in [-0.2, 0) is 16.0 Å². The Balaban J connectivity index is 1.44. The van der Waals surface area contributed by atoms with Crippen LogP contribution in [0.1, 0.15) is 5.56 Å². The lowest BCUT2D eigenvalue weighted by molar-refractivity contribution is -0.124. The van der Waals surface area contributed by atoms with E-state index in [2.05, 4.69) is 27.7 Å². The van der Waals surface area contributed by atoms with Crippen LogP contribution in [0.4, 0.5) is 5.69 Å². The van der Waals surface area contributed by atoms with Crippen LogP contribution >= 0.6 is 0 Å². The zero-order valence-corrected chi connectivity index (χ0v) is 12.3. The summed E-state index contributed by atoms with van der Waals surface area (Å²) < 4.78 is 5.32. The third kappa shape index (κ3) is 3.74. The van der Waals surface area contributed by atoms with Crippen molar-refractivity contribution in [2.45, 2.75) is 6.42 Å². The second-order valence-electron chi connectivity index (χ2n) is 5.68. The van der Waals surface area contributed by atoms with Gasteiger partial charge in [0.1, 0.15) is 0 Å². The minimum absolute atomic E-state index is 0.0320. The molecule has 1 unspecified atom stereocenters. The molecule has 5 heteroatoms. The molecule has 1 atom stereocenters. The van der Waals surface area contributed by atoms with Crippen molar-refractivity contribution in [2.24, 2.45) is 5.92 Å². The number of amides is 1. The van der Waals surface area contributed by atoms with Crippen molar-refractivity contribution in [1.82, 2.24) is 10.2 Å². The summed E-state index contributed by atoms with van der Waals surface area (Å²) in [6.07, 6.45) is 0.826. The van der Waals surface area contributed by atoms with E-state index in [-0.39, 0.29) is 11.8 Å². The molecule has 2 N–H and O–H groups in total. The van der Waals surface area contributed by atoms with Crippen LogP contribution in [0.3, 0.4) is 0 Å². The number of rotatable bonds is 4. The van der Waals surface area contributed by atoms with Gasteiger partial charge in [0, 0.05) is 38.4 Å².